The zero-order valence-electron chi connectivity index (χ0n) is 37.9. The lowest BCUT2D eigenvalue weighted by molar-refractivity contribution is 0.443. The van der Waals surface area contributed by atoms with Gasteiger partial charge in [0.2, 0.25) is 0 Å². The van der Waals surface area contributed by atoms with Crippen LogP contribution in [0.4, 0.5) is 34.1 Å². The highest BCUT2D eigenvalue weighted by molar-refractivity contribution is 6.12. The molecule has 2 saturated carbocycles. The van der Waals surface area contributed by atoms with Gasteiger partial charge >= 0.3 is 0 Å². The molecule has 9 aromatic carbocycles. The SMILES string of the molecule is CC1(C)c2cc(N(c3ccc(C4CCCCC4)cc3)c3cccc4ccccc34)ccc2-c2c1cc(N(c1ccc(C3CCCCC3)cc1)c1cccc3ccccc13)c1ccccc21. The summed E-state index contributed by atoms with van der Waals surface area (Å²) in [5.74, 6) is 1.33. The van der Waals surface area contributed by atoms with Crippen molar-refractivity contribution in [3.8, 4) is 11.1 Å². The van der Waals surface area contributed by atoms with Crippen molar-refractivity contribution in [2.24, 2.45) is 0 Å². The quantitative estimate of drug-likeness (QED) is 0.150. The molecular formula is C63H58N2. The molecule has 0 atom stereocenters. The van der Waals surface area contributed by atoms with E-state index in [0.717, 1.165) is 0 Å². The summed E-state index contributed by atoms with van der Waals surface area (Å²) in [5.41, 5.74) is 15.3. The molecule has 0 bridgehead atoms. The fourth-order valence-electron chi connectivity index (χ4n) is 12.2. The Morgan fingerprint density at radius 2 is 0.831 bits per heavy atom. The fourth-order valence-corrected chi connectivity index (χ4v) is 12.2. The zero-order chi connectivity index (χ0) is 43.5. The van der Waals surface area contributed by atoms with E-state index in [2.05, 4.69) is 206 Å². The molecule has 0 aromatic heterocycles. The molecule has 0 heterocycles. The molecule has 65 heavy (non-hydrogen) atoms. The Labute approximate surface area is 385 Å². The van der Waals surface area contributed by atoms with Crippen molar-refractivity contribution in [3.05, 3.63) is 204 Å². The molecule has 0 N–H and O–H groups in total. The Morgan fingerprint density at radius 1 is 0.369 bits per heavy atom. The van der Waals surface area contributed by atoms with Gasteiger partial charge in [-0.2, -0.15) is 0 Å². The van der Waals surface area contributed by atoms with Gasteiger partial charge in [-0.1, -0.05) is 180 Å². The van der Waals surface area contributed by atoms with Gasteiger partial charge in [0.15, 0.2) is 0 Å². The Balaban J connectivity index is 1.02. The third kappa shape index (κ3) is 6.92. The van der Waals surface area contributed by atoms with E-state index in [1.54, 1.807) is 0 Å². The second-order valence-electron chi connectivity index (χ2n) is 19.7. The van der Waals surface area contributed by atoms with Gasteiger partial charge in [-0.25, -0.2) is 0 Å². The maximum absolute atomic E-state index is 2.55. The van der Waals surface area contributed by atoms with Crippen LogP contribution in [-0.4, -0.2) is 0 Å². The molecule has 3 aliphatic rings. The van der Waals surface area contributed by atoms with E-state index in [4.69, 9.17) is 0 Å². The number of fused-ring (bicyclic) bond motifs is 7. The molecule has 9 aromatic rings. The Bertz CT molecular complexity index is 3190. The summed E-state index contributed by atoms with van der Waals surface area (Å²) in [7, 11) is 0. The van der Waals surface area contributed by atoms with E-state index >= 15 is 0 Å². The lowest BCUT2D eigenvalue weighted by atomic mass is 9.81. The summed E-state index contributed by atoms with van der Waals surface area (Å²) in [5, 5.41) is 7.57. The number of nitrogens with zero attached hydrogens (tertiary/aromatic N) is 2. The summed E-state index contributed by atoms with van der Waals surface area (Å²) in [4.78, 5) is 5.06. The fraction of sp³-hybridized carbons (Fsp3) is 0.238. The predicted octanol–water partition coefficient (Wildman–Crippen LogP) is 18.5. The van der Waals surface area contributed by atoms with Gasteiger partial charge in [-0.3, -0.25) is 0 Å². The van der Waals surface area contributed by atoms with Gasteiger partial charge in [0.25, 0.3) is 0 Å². The van der Waals surface area contributed by atoms with Crippen LogP contribution in [-0.2, 0) is 5.41 Å². The first kappa shape index (κ1) is 39.9. The zero-order valence-corrected chi connectivity index (χ0v) is 37.9. The molecule has 0 radical (unpaired) electrons. The van der Waals surface area contributed by atoms with Crippen molar-refractivity contribution in [3.63, 3.8) is 0 Å². The maximum Gasteiger partial charge on any atom is 0.0543 e. The maximum atomic E-state index is 2.55. The highest BCUT2D eigenvalue weighted by Gasteiger charge is 2.39. The number of rotatable bonds is 8. The third-order valence-corrected chi connectivity index (χ3v) is 15.6. The topological polar surface area (TPSA) is 6.48 Å². The van der Waals surface area contributed by atoms with Crippen LogP contribution in [0.15, 0.2) is 182 Å². The average molecular weight is 843 g/mol. The average Bonchev–Trinajstić information content (AvgIpc) is 3.60. The standard InChI is InChI=1S/C63H58N2/c1-63(2)57-41-51(64(59-29-15-23-47-21-9-11-25-52(47)59)49-35-31-45(32-36-49)43-17-5-3-6-18-43)39-40-56(57)62-55-28-14-13-27-54(55)61(42-58(62)63)65(60-30-16-24-48-22-10-12-26-53(48)60)50-37-33-46(34-38-50)44-19-7-4-8-20-44/h9-16,21-44H,3-8,17-20H2,1-2H3. The van der Waals surface area contributed by atoms with Crippen molar-refractivity contribution in [1.29, 1.82) is 0 Å². The smallest absolute Gasteiger partial charge is 0.0543 e. The Kier molecular flexibility index (Phi) is 10.1. The molecule has 2 fully saturated rings. The third-order valence-electron chi connectivity index (χ3n) is 15.6. The second-order valence-corrected chi connectivity index (χ2v) is 19.7. The summed E-state index contributed by atoms with van der Waals surface area (Å²) < 4.78 is 0. The van der Waals surface area contributed by atoms with E-state index in [1.807, 2.05) is 0 Å². The van der Waals surface area contributed by atoms with Crippen LogP contribution in [0.25, 0.3) is 43.4 Å². The molecule has 2 heteroatoms. The summed E-state index contributed by atoms with van der Waals surface area (Å²) in [6.45, 7) is 4.89. The van der Waals surface area contributed by atoms with Crippen LogP contribution in [0.2, 0.25) is 0 Å². The van der Waals surface area contributed by atoms with Crippen LogP contribution in [0.3, 0.4) is 0 Å². The minimum absolute atomic E-state index is 0.274. The molecule has 0 amide bonds. The van der Waals surface area contributed by atoms with E-state index in [1.165, 1.54) is 164 Å². The van der Waals surface area contributed by atoms with Crippen LogP contribution >= 0.6 is 0 Å². The molecule has 2 nitrogen and oxygen atoms in total. The van der Waals surface area contributed by atoms with E-state index < -0.39 is 0 Å². The van der Waals surface area contributed by atoms with Gasteiger partial charge in [0.05, 0.1) is 17.1 Å². The number of anilines is 6. The van der Waals surface area contributed by atoms with Gasteiger partial charge < -0.3 is 9.80 Å². The summed E-state index contributed by atoms with van der Waals surface area (Å²) in [6, 6.07) is 69.5. The first-order valence-electron chi connectivity index (χ1n) is 24.5. The highest BCUT2D eigenvalue weighted by atomic mass is 15.2. The van der Waals surface area contributed by atoms with Gasteiger partial charge in [0.1, 0.15) is 0 Å². The molecule has 0 saturated heterocycles. The minimum atomic E-state index is -0.274. The van der Waals surface area contributed by atoms with Crippen LogP contribution in [0.1, 0.15) is 112 Å². The first-order valence-corrected chi connectivity index (χ1v) is 24.5. The second kappa shape index (κ2) is 16.4. The molecule has 3 aliphatic carbocycles. The number of hydrogen-bond acceptors (Lipinski definition) is 2. The summed E-state index contributed by atoms with van der Waals surface area (Å²) in [6.07, 6.45) is 13.3. The van der Waals surface area contributed by atoms with Crippen molar-refractivity contribution in [1.82, 2.24) is 0 Å². The van der Waals surface area contributed by atoms with E-state index in [0.29, 0.717) is 11.8 Å². The van der Waals surface area contributed by atoms with Gasteiger partial charge in [-0.05, 0) is 142 Å². The normalized spacial score (nSPS) is 16.2. The van der Waals surface area contributed by atoms with E-state index in [9.17, 15) is 0 Å². The molecule has 320 valence electrons. The predicted molar refractivity (Wildman–Crippen MR) is 278 cm³/mol. The van der Waals surface area contributed by atoms with E-state index in [-0.39, 0.29) is 5.41 Å². The molecule has 0 aliphatic heterocycles. The van der Waals surface area contributed by atoms with Crippen molar-refractivity contribution < 1.29 is 0 Å². The highest BCUT2D eigenvalue weighted by Crippen LogP contribution is 2.56. The molecule has 0 spiro atoms. The number of benzene rings is 9. The molecule has 12 rings (SSSR count). The van der Waals surface area contributed by atoms with Crippen molar-refractivity contribution >= 4 is 66.4 Å². The Morgan fingerprint density at radius 3 is 1.40 bits per heavy atom. The Hall–Kier alpha value is -6.64. The lowest BCUT2D eigenvalue weighted by Gasteiger charge is -2.31. The molecular weight excluding hydrogens is 785 g/mol. The first-order chi connectivity index (χ1) is 32.0. The molecule has 0 unspecified atom stereocenters. The van der Waals surface area contributed by atoms with Crippen molar-refractivity contribution in [2.75, 3.05) is 9.80 Å². The van der Waals surface area contributed by atoms with Gasteiger partial charge in [0, 0.05) is 38.6 Å². The van der Waals surface area contributed by atoms with Crippen LogP contribution < -0.4 is 9.80 Å². The van der Waals surface area contributed by atoms with Crippen LogP contribution in [0.5, 0.6) is 0 Å². The van der Waals surface area contributed by atoms with Crippen molar-refractivity contribution in [2.45, 2.75) is 95.3 Å². The largest absolute Gasteiger partial charge is 0.310 e. The number of hydrogen-bond donors (Lipinski definition) is 0. The van der Waals surface area contributed by atoms with Gasteiger partial charge in [-0.15, -0.1) is 0 Å². The monoisotopic (exact) mass is 842 g/mol. The van der Waals surface area contributed by atoms with Crippen LogP contribution in [0, 0.1) is 0 Å². The summed E-state index contributed by atoms with van der Waals surface area (Å²) >= 11 is 0. The minimum Gasteiger partial charge on any atom is -0.310 e. The lowest BCUT2D eigenvalue weighted by Crippen LogP contribution is -2.18.